The van der Waals surface area contributed by atoms with Gasteiger partial charge in [-0.15, -0.1) is 11.8 Å². The normalized spacial score (nSPS) is 11.5. The number of carbonyl (C=O) groups is 2. The van der Waals surface area contributed by atoms with Crippen LogP contribution < -0.4 is 10.1 Å². The Morgan fingerprint density at radius 3 is 2.32 bits per heavy atom. The van der Waals surface area contributed by atoms with Crippen molar-refractivity contribution in [1.29, 1.82) is 0 Å². The first kappa shape index (κ1) is 28.3. The fourth-order valence-electron chi connectivity index (χ4n) is 4.09. The summed E-state index contributed by atoms with van der Waals surface area (Å²) in [6.07, 6.45) is 2.38. The molecule has 0 saturated carbocycles. The van der Waals surface area contributed by atoms with Crippen molar-refractivity contribution >= 4 is 23.6 Å². The Hall–Kier alpha value is -3.25. The van der Waals surface area contributed by atoms with Crippen LogP contribution in [0, 0.1) is 6.92 Å². The lowest BCUT2D eigenvalue weighted by Gasteiger charge is -2.32. The molecule has 3 rings (SSSR count). The molecule has 0 spiro atoms. The van der Waals surface area contributed by atoms with Gasteiger partial charge in [0, 0.05) is 25.3 Å². The van der Waals surface area contributed by atoms with Gasteiger partial charge in [0.15, 0.2) is 0 Å². The number of amides is 2. The van der Waals surface area contributed by atoms with Crippen LogP contribution in [0.3, 0.4) is 0 Å². The molecule has 3 aromatic rings. The minimum absolute atomic E-state index is 0.0339. The van der Waals surface area contributed by atoms with Gasteiger partial charge in [-0.1, -0.05) is 80.1 Å². The van der Waals surface area contributed by atoms with Crippen molar-refractivity contribution in [3.05, 3.63) is 101 Å². The minimum atomic E-state index is -0.590. The van der Waals surface area contributed by atoms with E-state index in [0.29, 0.717) is 31.0 Å². The molecule has 0 bridgehead atoms. The molecule has 0 saturated heterocycles. The van der Waals surface area contributed by atoms with E-state index in [-0.39, 0.29) is 11.8 Å². The molecule has 2 amide bonds. The van der Waals surface area contributed by atoms with Crippen LogP contribution in [0.1, 0.15) is 42.0 Å². The van der Waals surface area contributed by atoms with E-state index >= 15 is 0 Å². The first-order valence-electron chi connectivity index (χ1n) is 12.9. The van der Waals surface area contributed by atoms with Gasteiger partial charge in [-0.2, -0.15) is 0 Å². The van der Waals surface area contributed by atoms with Gasteiger partial charge in [-0.3, -0.25) is 9.59 Å². The van der Waals surface area contributed by atoms with E-state index in [9.17, 15) is 9.59 Å². The zero-order chi connectivity index (χ0) is 26.5. The van der Waals surface area contributed by atoms with E-state index in [0.717, 1.165) is 40.8 Å². The third-order valence-electron chi connectivity index (χ3n) is 6.36. The van der Waals surface area contributed by atoms with Gasteiger partial charge < -0.3 is 15.0 Å². The molecule has 6 heteroatoms. The van der Waals surface area contributed by atoms with Gasteiger partial charge in [0.1, 0.15) is 11.8 Å². The summed E-state index contributed by atoms with van der Waals surface area (Å²) in [5, 5.41) is 3.08. The molecule has 0 fully saturated rings. The minimum Gasteiger partial charge on any atom is -0.497 e. The molecule has 37 heavy (non-hydrogen) atoms. The van der Waals surface area contributed by atoms with Crippen LogP contribution in [0.15, 0.2) is 78.9 Å². The zero-order valence-electron chi connectivity index (χ0n) is 22.1. The lowest BCUT2D eigenvalue weighted by Crippen LogP contribution is -2.51. The Balaban J connectivity index is 1.81. The van der Waals surface area contributed by atoms with Crippen molar-refractivity contribution in [3.63, 3.8) is 0 Å². The Morgan fingerprint density at radius 2 is 1.65 bits per heavy atom. The monoisotopic (exact) mass is 518 g/mol. The maximum absolute atomic E-state index is 13.7. The number of nitrogens with zero attached hydrogens (tertiary/aromatic N) is 1. The zero-order valence-corrected chi connectivity index (χ0v) is 22.9. The summed E-state index contributed by atoms with van der Waals surface area (Å²) in [6, 6.07) is 25.3. The smallest absolute Gasteiger partial charge is 0.243 e. The topological polar surface area (TPSA) is 58.6 Å². The third-order valence-corrected chi connectivity index (χ3v) is 7.34. The van der Waals surface area contributed by atoms with Crippen molar-refractivity contribution < 1.29 is 14.3 Å². The SMILES string of the molecule is CCCCNC(=O)[C@H](Cc1ccccc1)N(Cc1ccccc1C)C(=O)CSCc1ccc(OC)cc1. The number of nitrogens with one attached hydrogen (secondary N) is 1. The summed E-state index contributed by atoms with van der Waals surface area (Å²) in [5.41, 5.74) is 4.32. The highest BCUT2D eigenvalue weighted by Gasteiger charge is 2.30. The van der Waals surface area contributed by atoms with Gasteiger partial charge in [-0.05, 0) is 47.7 Å². The lowest BCUT2D eigenvalue weighted by molar-refractivity contribution is -0.139. The second kappa shape index (κ2) is 15.1. The molecular formula is C31H38N2O3S. The first-order chi connectivity index (χ1) is 18.0. The maximum atomic E-state index is 13.7. The number of carbonyl (C=O) groups excluding carboxylic acids is 2. The summed E-state index contributed by atoms with van der Waals surface area (Å²) in [4.78, 5) is 29.0. The number of ether oxygens (including phenoxy) is 1. The van der Waals surface area contributed by atoms with E-state index in [2.05, 4.69) is 12.2 Å². The van der Waals surface area contributed by atoms with E-state index in [1.54, 1.807) is 23.8 Å². The molecule has 5 nitrogen and oxygen atoms in total. The Kier molecular flexibility index (Phi) is 11.6. The number of methoxy groups -OCH3 is 1. The van der Waals surface area contributed by atoms with E-state index < -0.39 is 6.04 Å². The van der Waals surface area contributed by atoms with Crippen molar-refractivity contribution in [2.24, 2.45) is 0 Å². The van der Waals surface area contributed by atoms with Gasteiger partial charge >= 0.3 is 0 Å². The van der Waals surface area contributed by atoms with Gasteiger partial charge in [0.2, 0.25) is 11.8 Å². The fraction of sp³-hybridized carbons (Fsp3) is 0.355. The van der Waals surface area contributed by atoms with Crippen LogP contribution in [0.25, 0.3) is 0 Å². The molecule has 196 valence electrons. The van der Waals surface area contributed by atoms with Gasteiger partial charge in [0.25, 0.3) is 0 Å². The van der Waals surface area contributed by atoms with Crippen molar-refractivity contribution in [2.75, 3.05) is 19.4 Å². The van der Waals surface area contributed by atoms with Crippen LogP contribution >= 0.6 is 11.8 Å². The molecule has 0 aromatic heterocycles. The quantitative estimate of drug-likeness (QED) is 0.274. The first-order valence-corrected chi connectivity index (χ1v) is 14.0. The largest absolute Gasteiger partial charge is 0.497 e. The third kappa shape index (κ3) is 8.97. The summed E-state index contributed by atoms with van der Waals surface area (Å²) < 4.78 is 5.24. The molecule has 1 N–H and O–H groups in total. The molecule has 0 radical (unpaired) electrons. The van der Waals surface area contributed by atoms with E-state index in [1.807, 2.05) is 85.8 Å². The van der Waals surface area contributed by atoms with Crippen LogP contribution in [-0.2, 0) is 28.3 Å². The number of rotatable bonds is 14. The van der Waals surface area contributed by atoms with Gasteiger partial charge in [-0.25, -0.2) is 0 Å². The average Bonchev–Trinajstić information content (AvgIpc) is 2.92. The molecule has 3 aromatic carbocycles. The Labute approximate surface area is 225 Å². The number of thioether (sulfide) groups is 1. The Bertz CT molecular complexity index is 1120. The second-order valence-corrected chi connectivity index (χ2v) is 10.1. The maximum Gasteiger partial charge on any atom is 0.243 e. The highest BCUT2D eigenvalue weighted by atomic mass is 32.2. The number of benzene rings is 3. The molecule has 1 atom stereocenters. The van der Waals surface area contributed by atoms with Gasteiger partial charge in [0.05, 0.1) is 12.9 Å². The summed E-state index contributed by atoms with van der Waals surface area (Å²) in [7, 11) is 1.65. The average molecular weight is 519 g/mol. The van der Waals surface area contributed by atoms with Crippen LogP contribution in [0.5, 0.6) is 5.75 Å². The summed E-state index contributed by atoms with van der Waals surface area (Å²) in [5.74, 6) is 1.69. The number of hydrogen-bond donors (Lipinski definition) is 1. The fourth-order valence-corrected chi connectivity index (χ4v) is 4.96. The van der Waals surface area contributed by atoms with Crippen molar-refractivity contribution in [2.45, 2.75) is 51.4 Å². The predicted molar refractivity (Wildman–Crippen MR) is 153 cm³/mol. The molecule has 0 unspecified atom stereocenters. The lowest BCUT2D eigenvalue weighted by atomic mass is 10.0. The Morgan fingerprint density at radius 1 is 0.946 bits per heavy atom. The molecule has 0 aliphatic heterocycles. The van der Waals surface area contributed by atoms with Crippen LogP contribution in [0.2, 0.25) is 0 Å². The standard InChI is InChI=1S/C31H38N2O3S/c1-4-5-19-32-31(35)29(20-25-12-7-6-8-13-25)33(21-27-14-10-9-11-24(27)2)30(34)23-37-22-26-15-17-28(36-3)18-16-26/h6-18,29H,4-5,19-23H2,1-3H3,(H,32,35)/t29-/m0/s1. The summed E-state index contributed by atoms with van der Waals surface area (Å²) >= 11 is 1.56. The second-order valence-electron chi connectivity index (χ2n) is 9.14. The summed E-state index contributed by atoms with van der Waals surface area (Å²) in [6.45, 7) is 5.15. The van der Waals surface area contributed by atoms with Crippen molar-refractivity contribution in [3.8, 4) is 5.75 Å². The number of hydrogen-bond acceptors (Lipinski definition) is 4. The van der Waals surface area contributed by atoms with Crippen LogP contribution in [-0.4, -0.2) is 42.2 Å². The van der Waals surface area contributed by atoms with E-state index in [1.165, 1.54) is 0 Å². The van der Waals surface area contributed by atoms with E-state index in [4.69, 9.17) is 4.74 Å². The highest BCUT2D eigenvalue weighted by molar-refractivity contribution is 7.99. The molecule has 0 aliphatic rings. The number of unbranched alkanes of at least 4 members (excludes halogenated alkanes) is 1. The molecule has 0 heterocycles. The number of aryl methyl sites for hydroxylation is 1. The molecular weight excluding hydrogens is 480 g/mol. The van der Waals surface area contributed by atoms with Crippen molar-refractivity contribution in [1.82, 2.24) is 10.2 Å². The highest BCUT2D eigenvalue weighted by Crippen LogP contribution is 2.21. The van der Waals surface area contributed by atoms with Crippen LogP contribution in [0.4, 0.5) is 0 Å². The predicted octanol–water partition coefficient (Wildman–Crippen LogP) is 5.79. The molecule has 0 aliphatic carbocycles.